The van der Waals surface area contributed by atoms with Crippen LogP contribution in [0.2, 0.25) is 0 Å². The number of rotatable bonds is 1. The van der Waals surface area contributed by atoms with Gasteiger partial charge in [-0.15, -0.1) is 0 Å². The maximum absolute atomic E-state index is 2.41. The average molecular weight is 194 g/mol. The van der Waals surface area contributed by atoms with Crippen molar-refractivity contribution in [1.82, 2.24) is 0 Å². The van der Waals surface area contributed by atoms with Gasteiger partial charge in [0.15, 0.2) is 0 Å². The second kappa shape index (κ2) is 3.87. The first-order chi connectivity index (χ1) is 6.57. The van der Waals surface area contributed by atoms with Gasteiger partial charge in [0, 0.05) is 0 Å². The van der Waals surface area contributed by atoms with Crippen LogP contribution in [0, 0.1) is 23.2 Å². The van der Waals surface area contributed by atoms with Gasteiger partial charge in [-0.2, -0.15) is 0 Å². The third kappa shape index (κ3) is 2.15. The van der Waals surface area contributed by atoms with Crippen LogP contribution < -0.4 is 0 Å². The number of hydrogen-bond donors (Lipinski definition) is 0. The predicted octanol–water partition coefficient (Wildman–Crippen LogP) is 4.64. The molecule has 0 N–H and O–H groups in total. The Morgan fingerprint density at radius 3 is 1.86 bits per heavy atom. The zero-order valence-electron chi connectivity index (χ0n) is 10.2. The molecule has 0 aromatic carbocycles. The monoisotopic (exact) mass is 194 g/mol. The van der Waals surface area contributed by atoms with Gasteiger partial charge in [0.25, 0.3) is 0 Å². The van der Waals surface area contributed by atoms with Crippen molar-refractivity contribution in [3.05, 3.63) is 0 Å². The van der Waals surface area contributed by atoms with Crippen molar-refractivity contribution in [2.45, 2.75) is 65.7 Å². The molecule has 0 saturated heterocycles. The van der Waals surface area contributed by atoms with Gasteiger partial charge in [0.2, 0.25) is 0 Å². The molecule has 0 radical (unpaired) electrons. The summed E-state index contributed by atoms with van der Waals surface area (Å²) in [6.45, 7) is 7.23. The lowest BCUT2D eigenvalue weighted by atomic mass is 9.58. The average Bonchev–Trinajstić information content (AvgIpc) is 2.00. The number of hydrogen-bond acceptors (Lipinski definition) is 0. The minimum atomic E-state index is 0.575. The van der Waals surface area contributed by atoms with Gasteiger partial charge in [0.05, 0.1) is 0 Å². The van der Waals surface area contributed by atoms with E-state index in [-0.39, 0.29) is 0 Å². The Bertz CT molecular complexity index is 175. The molecule has 0 unspecified atom stereocenters. The summed E-state index contributed by atoms with van der Waals surface area (Å²) >= 11 is 0. The summed E-state index contributed by atoms with van der Waals surface area (Å²) in [6, 6.07) is 0. The smallest absolute Gasteiger partial charge is 0.0354 e. The van der Waals surface area contributed by atoms with E-state index in [1.165, 1.54) is 32.1 Å². The Labute approximate surface area is 89.5 Å². The van der Waals surface area contributed by atoms with Crippen LogP contribution in [-0.4, -0.2) is 0 Å². The maximum Gasteiger partial charge on any atom is -0.0354 e. The van der Waals surface area contributed by atoms with E-state index in [4.69, 9.17) is 0 Å². The van der Waals surface area contributed by atoms with Crippen LogP contribution in [-0.2, 0) is 0 Å². The van der Waals surface area contributed by atoms with E-state index in [0.717, 1.165) is 17.8 Å². The lowest BCUT2D eigenvalue weighted by molar-refractivity contribution is 0.0275. The fourth-order valence-corrected chi connectivity index (χ4v) is 3.36. The van der Waals surface area contributed by atoms with Gasteiger partial charge in [0.1, 0.15) is 0 Å². The molecule has 0 aliphatic heterocycles. The molecule has 2 fully saturated rings. The summed E-state index contributed by atoms with van der Waals surface area (Å²) in [5.74, 6) is 3.25. The third-order valence-corrected chi connectivity index (χ3v) is 4.72. The first-order valence-corrected chi connectivity index (χ1v) is 6.57. The molecule has 14 heavy (non-hydrogen) atoms. The molecule has 0 heterocycles. The molecule has 0 heteroatoms. The van der Waals surface area contributed by atoms with Crippen molar-refractivity contribution < 1.29 is 0 Å². The third-order valence-electron chi connectivity index (χ3n) is 4.72. The highest BCUT2D eigenvalue weighted by atomic mass is 14.5. The summed E-state index contributed by atoms with van der Waals surface area (Å²) in [4.78, 5) is 0. The van der Waals surface area contributed by atoms with Crippen LogP contribution >= 0.6 is 0 Å². The van der Waals surface area contributed by atoms with Crippen molar-refractivity contribution in [2.24, 2.45) is 23.2 Å². The molecular formula is C14H26. The van der Waals surface area contributed by atoms with Crippen LogP contribution in [0.25, 0.3) is 0 Å². The van der Waals surface area contributed by atoms with Crippen molar-refractivity contribution in [2.75, 3.05) is 0 Å². The quantitative estimate of drug-likeness (QED) is 0.570. The van der Waals surface area contributed by atoms with Gasteiger partial charge in [-0.1, -0.05) is 52.9 Å². The van der Waals surface area contributed by atoms with Crippen LogP contribution in [0.15, 0.2) is 0 Å². The fraction of sp³-hybridized carbons (Fsp3) is 1.00. The SMILES string of the molecule is CC(C)(C)C1CC(C2CCCCC2)C1. The molecule has 2 aliphatic carbocycles. The molecule has 0 aromatic heterocycles. The largest absolute Gasteiger partial charge is 0.0599 e. The van der Waals surface area contributed by atoms with Crippen molar-refractivity contribution >= 4 is 0 Å². The van der Waals surface area contributed by atoms with Crippen molar-refractivity contribution in [1.29, 1.82) is 0 Å². The Morgan fingerprint density at radius 1 is 0.786 bits per heavy atom. The molecule has 0 amide bonds. The van der Waals surface area contributed by atoms with Crippen molar-refractivity contribution in [3.8, 4) is 0 Å². The highest BCUT2D eigenvalue weighted by Gasteiger charge is 2.40. The molecule has 0 aromatic rings. The summed E-state index contributed by atoms with van der Waals surface area (Å²) in [6.07, 6.45) is 10.7. The normalized spacial score (nSPS) is 35.4. The first kappa shape index (κ1) is 10.5. The highest BCUT2D eigenvalue weighted by Crippen LogP contribution is 2.50. The minimum Gasteiger partial charge on any atom is -0.0599 e. The molecule has 2 rings (SSSR count). The second-order valence-electron chi connectivity index (χ2n) is 6.69. The highest BCUT2D eigenvalue weighted by molar-refractivity contribution is 4.90. The van der Waals surface area contributed by atoms with Crippen LogP contribution in [0.1, 0.15) is 65.7 Å². The molecule has 2 saturated carbocycles. The van der Waals surface area contributed by atoms with E-state index in [2.05, 4.69) is 20.8 Å². The van der Waals surface area contributed by atoms with Crippen LogP contribution in [0.5, 0.6) is 0 Å². The van der Waals surface area contributed by atoms with Gasteiger partial charge in [-0.25, -0.2) is 0 Å². The van der Waals surface area contributed by atoms with Gasteiger partial charge in [-0.3, -0.25) is 0 Å². The molecule has 0 atom stereocenters. The zero-order valence-corrected chi connectivity index (χ0v) is 10.2. The van der Waals surface area contributed by atoms with Crippen molar-refractivity contribution in [3.63, 3.8) is 0 Å². The molecule has 0 spiro atoms. The second-order valence-corrected chi connectivity index (χ2v) is 6.69. The van der Waals surface area contributed by atoms with Crippen LogP contribution in [0.3, 0.4) is 0 Å². The first-order valence-electron chi connectivity index (χ1n) is 6.57. The van der Waals surface area contributed by atoms with E-state index in [0.29, 0.717) is 5.41 Å². The molecule has 82 valence electrons. The lowest BCUT2D eigenvalue weighted by Crippen LogP contribution is -2.38. The lowest BCUT2D eigenvalue weighted by Gasteiger charge is -2.48. The standard InChI is InChI=1S/C14H26/c1-14(2,3)13-9-12(10-13)11-7-5-4-6-8-11/h11-13H,4-10H2,1-3H3. The maximum atomic E-state index is 2.41. The van der Waals surface area contributed by atoms with Gasteiger partial charge in [-0.05, 0) is 36.0 Å². The molecular weight excluding hydrogens is 168 g/mol. The Hall–Kier alpha value is 0. The Balaban J connectivity index is 1.76. The molecule has 0 nitrogen and oxygen atoms in total. The topological polar surface area (TPSA) is 0 Å². The van der Waals surface area contributed by atoms with Gasteiger partial charge >= 0.3 is 0 Å². The molecule has 2 aliphatic rings. The Kier molecular flexibility index (Phi) is 2.91. The summed E-state index contributed by atoms with van der Waals surface area (Å²) < 4.78 is 0. The summed E-state index contributed by atoms with van der Waals surface area (Å²) in [5, 5.41) is 0. The summed E-state index contributed by atoms with van der Waals surface area (Å²) in [7, 11) is 0. The zero-order chi connectivity index (χ0) is 10.2. The van der Waals surface area contributed by atoms with Crippen LogP contribution in [0.4, 0.5) is 0 Å². The fourth-order valence-electron chi connectivity index (χ4n) is 3.36. The molecule has 0 bridgehead atoms. The van der Waals surface area contributed by atoms with E-state index in [1.54, 1.807) is 12.8 Å². The Morgan fingerprint density at radius 2 is 1.36 bits per heavy atom. The summed E-state index contributed by atoms with van der Waals surface area (Å²) in [5.41, 5.74) is 0.575. The predicted molar refractivity (Wildman–Crippen MR) is 62.2 cm³/mol. The van der Waals surface area contributed by atoms with Gasteiger partial charge < -0.3 is 0 Å². The van der Waals surface area contributed by atoms with E-state index in [9.17, 15) is 0 Å². The van der Waals surface area contributed by atoms with E-state index >= 15 is 0 Å². The van der Waals surface area contributed by atoms with E-state index in [1.807, 2.05) is 0 Å². The minimum absolute atomic E-state index is 0.575. The van der Waals surface area contributed by atoms with E-state index < -0.39 is 0 Å².